The molecular formula is C13H15BrF2N2. The van der Waals surface area contributed by atoms with E-state index in [9.17, 15) is 8.78 Å². The van der Waals surface area contributed by atoms with Crippen molar-refractivity contribution >= 4 is 21.6 Å². The van der Waals surface area contributed by atoms with Crippen LogP contribution in [0.3, 0.4) is 0 Å². The summed E-state index contributed by atoms with van der Waals surface area (Å²) in [6.45, 7) is 4.31. The number of nitrogens with zero attached hydrogens (tertiary/aromatic N) is 1. The Morgan fingerprint density at radius 1 is 1.33 bits per heavy atom. The molecule has 1 rings (SSSR count). The van der Waals surface area contributed by atoms with Crippen LogP contribution in [0.1, 0.15) is 26.7 Å². The van der Waals surface area contributed by atoms with Gasteiger partial charge in [0.05, 0.1) is 6.07 Å². The Hall–Kier alpha value is -1.15. The van der Waals surface area contributed by atoms with E-state index in [4.69, 9.17) is 5.26 Å². The van der Waals surface area contributed by atoms with Crippen LogP contribution in [0.4, 0.5) is 14.5 Å². The van der Waals surface area contributed by atoms with Gasteiger partial charge < -0.3 is 5.32 Å². The molecule has 0 amide bonds. The van der Waals surface area contributed by atoms with Crippen molar-refractivity contribution < 1.29 is 8.78 Å². The molecule has 98 valence electrons. The second-order valence-electron chi connectivity index (χ2n) is 4.92. The van der Waals surface area contributed by atoms with Gasteiger partial charge in [0.25, 0.3) is 0 Å². The van der Waals surface area contributed by atoms with Crippen molar-refractivity contribution in [3.8, 4) is 6.07 Å². The van der Waals surface area contributed by atoms with E-state index in [1.807, 2.05) is 13.8 Å². The molecule has 1 aromatic rings. The van der Waals surface area contributed by atoms with Crippen LogP contribution in [0.25, 0.3) is 0 Å². The lowest BCUT2D eigenvalue weighted by atomic mass is 9.88. The zero-order chi connectivity index (χ0) is 13.8. The average molecular weight is 317 g/mol. The fourth-order valence-corrected chi connectivity index (χ4v) is 1.92. The van der Waals surface area contributed by atoms with Crippen molar-refractivity contribution in [2.45, 2.75) is 26.7 Å². The van der Waals surface area contributed by atoms with Crippen LogP contribution in [0.5, 0.6) is 0 Å². The minimum Gasteiger partial charge on any atom is -0.380 e. The van der Waals surface area contributed by atoms with Crippen molar-refractivity contribution in [2.24, 2.45) is 5.41 Å². The maximum absolute atomic E-state index is 13.6. The summed E-state index contributed by atoms with van der Waals surface area (Å²) in [6.07, 6.45) is 1.11. The van der Waals surface area contributed by atoms with Crippen molar-refractivity contribution in [1.82, 2.24) is 0 Å². The van der Waals surface area contributed by atoms with Gasteiger partial charge >= 0.3 is 0 Å². The lowest BCUT2D eigenvalue weighted by Crippen LogP contribution is -2.23. The molecule has 0 aliphatic carbocycles. The number of rotatable bonds is 5. The second-order valence-corrected chi connectivity index (χ2v) is 5.84. The van der Waals surface area contributed by atoms with Crippen LogP contribution in [0, 0.1) is 28.4 Å². The molecule has 0 unspecified atom stereocenters. The Balaban J connectivity index is 2.72. The average Bonchev–Trinajstić information content (AvgIpc) is 2.24. The third-order valence-electron chi connectivity index (χ3n) is 2.66. The lowest BCUT2D eigenvalue weighted by Gasteiger charge is -2.24. The highest BCUT2D eigenvalue weighted by Crippen LogP contribution is 2.27. The molecule has 0 atom stereocenters. The summed E-state index contributed by atoms with van der Waals surface area (Å²) in [5, 5.41) is 11.3. The molecule has 0 spiro atoms. The van der Waals surface area contributed by atoms with Gasteiger partial charge in [-0.3, -0.25) is 0 Å². The van der Waals surface area contributed by atoms with Gasteiger partial charge in [0.2, 0.25) is 0 Å². The molecule has 18 heavy (non-hydrogen) atoms. The van der Waals surface area contributed by atoms with Crippen LogP contribution in [-0.4, -0.2) is 6.54 Å². The maximum atomic E-state index is 13.6. The highest BCUT2D eigenvalue weighted by Gasteiger charge is 2.19. The summed E-state index contributed by atoms with van der Waals surface area (Å²) in [5.74, 6) is -1.25. The van der Waals surface area contributed by atoms with Gasteiger partial charge in [0, 0.05) is 17.4 Å². The van der Waals surface area contributed by atoms with E-state index < -0.39 is 11.6 Å². The van der Waals surface area contributed by atoms with Gasteiger partial charge in [-0.25, -0.2) is 8.78 Å². The van der Waals surface area contributed by atoms with E-state index in [2.05, 4.69) is 27.3 Å². The van der Waals surface area contributed by atoms with Gasteiger partial charge in [-0.15, -0.1) is 0 Å². The maximum Gasteiger partial charge on any atom is 0.150 e. The van der Waals surface area contributed by atoms with Gasteiger partial charge in [-0.05, 0) is 24.0 Å². The van der Waals surface area contributed by atoms with E-state index in [-0.39, 0.29) is 11.1 Å². The largest absolute Gasteiger partial charge is 0.380 e. The molecule has 2 nitrogen and oxygen atoms in total. The summed E-state index contributed by atoms with van der Waals surface area (Å²) < 4.78 is 27.5. The van der Waals surface area contributed by atoms with E-state index in [1.165, 1.54) is 12.1 Å². The van der Waals surface area contributed by atoms with E-state index in [0.717, 1.165) is 0 Å². The van der Waals surface area contributed by atoms with Crippen LogP contribution < -0.4 is 5.32 Å². The molecule has 0 saturated carbocycles. The molecule has 0 aliphatic heterocycles. The number of anilines is 1. The topological polar surface area (TPSA) is 35.8 Å². The van der Waals surface area contributed by atoms with Crippen LogP contribution >= 0.6 is 15.9 Å². The first-order chi connectivity index (χ1) is 8.35. The first-order valence-corrected chi connectivity index (χ1v) is 6.40. The SMILES string of the molecule is CC(C)(CCC#N)CNc1c(F)cc(Br)cc1F. The smallest absolute Gasteiger partial charge is 0.150 e. The third kappa shape index (κ3) is 4.26. The van der Waals surface area contributed by atoms with Gasteiger partial charge in [0.1, 0.15) is 17.3 Å². The summed E-state index contributed by atoms with van der Waals surface area (Å²) in [4.78, 5) is 0. The molecule has 5 heteroatoms. The Morgan fingerprint density at radius 2 is 1.89 bits per heavy atom. The number of hydrogen-bond acceptors (Lipinski definition) is 2. The van der Waals surface area contributed by atoms with Gasteiger partial charge in [-0.2, -0.15) is 5.26 Å². The summed E-state index contributed by atoms with van der Waals surface area (Å²) in [6, 6.07) is 4.50. The fourth-order valence-electron chi connectivity index (χ4n) is 1.52. The minimum atomic E-state index is -0.627. The highest BCUT2D eigenvalue weighted by molar-refractivity contribution is 9.10. The Labute approximate surface area is 114 Å². The van der Waals surface area contributed by atoms with Crippen molar-refractivity contribution in [3.05, 3.63) is 28.2 Å². The number of benzene rings is 1. The normalized spacial score (nSPS) is 11.1. The predicted octanol–water partition coefficient (Wildman–Crippen LogP) is 4.47. The standard InChI is InChI=1S/C13H15BrF2N2/c1-13(2,4-3-5-17)8-18-12-10(15)6-9(14)7-11(12)16/h6-7,18H,3-4,8H2,1-2H3. The second kappa shape index (κ2) is 6.14. The molecular weight excluding hydrogens is 302 g/mol. The molecule has 0 heterocycles. The Morgan fingerprint density at radius 3 is 2.39 bits per heavy atom. The third-order valence-corrected chi connectivity index (χ3v) is 3.12. The molecule has 0 aromatic heterocycles. The highest BCUT2D eigenvalue weighted by atomic mass is 79.9. The summed E-state index contributed by atoms with van der Waals surface area (Å²) in [5.41, 5.74) is -0.315. The van der Waals surface area contributed by atoms with Crippen LogP contribution in [-0.2, 0) is 0 Å². The van der Waals surface area contributed by atoms with E-state index in [1.54, 1.807) is 0 Å². The number of hydrogen-bond donors (Lipinski definition) is 1. The molecule has 0 radical (unpaired) electrons. The lowest BCUT2D eigenvalue weighted by molar-refractivity contribution is 0.362. The first-order valence-electron chi connectivity index (χ1n) is 5.61. The summed E-state index contributed by atoms with van der Waals surface area (Å²) >= 11 is 3.03. The number of nitriles is 1. The van der Waals surface area contributed by atoms with Gasteiger partial charge in [0.15, 0.2) is 0 Å². The quantitative estimate of drug-likeness (QED) is 0.870. The summed E-state index contributed by atoms with van der Waals surface area (Å²) in [7, 11) is 0. The van der Waals surface area contributed by atoms with E-state index in [0.29, 0.717) is 23.9 Å². The number of halogens is 3. The van der Waals surface area contributed by atoms with Crippen LogP contribution in [0.2, 0.25) is 0 Å². The minimum absolute atomic E-state index is 0.122. The van der Waals surface area contributed by atoms with Crippen molar-refractivity contribution in [3.63, 3.8) is 0 Å². The zero-order valence-corrected chi connectivity index (χ0v) is 11.9. The monoisotopic (exact) mass is 316 g/mol. The molecule has 0 aliphatic rings. The Kier molecular flexibility index (Phi) is 5.09. The number of nitrogens with one attached hydrogen (secondary N) is 1. The molecule has 0 fully saturated rings. The van der Waals surface area contributed by atoms with Crippen LogP contribution in [0.15, 0.2) is 16.6 Å². The van der Waals surface area contributed by atoms with Crippen molar-refractivity contribution in [2.75, 3.05) is 11.9 Å². The molecule has 0 bridgehead atoms. The molecule has 0 saturated heterocycles. The van der Waals surface area contributed by atoms with Gasteiger partial charge in [-0.1, -0.05) is 29.8 Å². The molecule has 1 aromatic carbocycles. The van der Waals surface area contributed by atoms with Crippen molar-refractivity contribution in [1.29, 1.82) is 5.26 Å². The van der Waals surface area contributed by atoms with E-state index >= 15 is 0 Å². The Bertz CT molecular complexity index is 444. The fraction of sp³-hybridized carbons (Fsp3) is 0.462. The predicted molar refractivity (Wildman–Crippen MR) is 71.2 cm³/mol. The first kappa shape index (κ1) is 14.9. The molecule has 1 N–H and O–H groups in total. The zero-order valence-electron chi connectivity index (χ0n) is 10.4.